The molecule has 0 amide bonds. The molecule has 1 aromatic carbocycles. The Bertz CT molecular complexity index is 333. The Kier molecular flexibility index (Phi) is 3.97. The Morgan fingerprint density at radius 2 is 2.00 bits per heavy atom. The molecule has 0 fully saturated rings. The standard InChI is InChI=1S/C12H20N2O/c1-5-10-9(3)11(13)7-8-12(10)14(6-2)15-4/h7-8H,5-6,13H2,1-4H3. The van der Waals surface area contributed by atoms with Crippen molar-refractivity contribution in [1.82, 2.24) is 0 Å². The monoisotopic (exact) mass is 208 g/mol. The van der Waals surface area contributed by atoms with Crippen LogP contribution in [0.15, 0.2) is 12.1 Å². The summed E-state index contributed by atoms with van der Waals surface area (Å²) in [5, 5.41) is 1.88. The van der Waals surface area contributed by atoms with Crippen LogP contribution in [0.3, 0.4) is 0 Å². The van der Waals surface area contributed by atoms with Crippen LogP contribution in [-0.2, 0) is 11.3 Å². The van der Waals surface area contributed by atoms with Crippen LogP contribution in [0.25, 0.3) is 0 Å². The smallest absolute Gasteiger partial charge is 0.0672 e. The minimum atomic E-state index is 0.826. The molecule has 2 N–H and O–H groups in total. The van der Waals surface area contributed by atoms with E-state index in [9.17, 15) is 0 Å². The molecule has 3 nitrogen and oxygen atoms in total. The van der Waals surface area contributed by atoms with E-state index in [0.29, 0.717) is 0 Å². The summed E-state index contributed by atoms with van der Waals surface area (Å²) in [7, 11) is 1.69. The van der Waals surface area contributed by atoms with Gasteiger partial charge in [0.1, 0.15) is 0 Å². The van der Waals surface area contributed by atoms with Crippen LogP contribution in [0.5, 0.6) is 0 Å². The van der Waals surface area contributed by atoms with Crippen LogP contribution in [0.2, 0.25) is 0 Å². The van der Waals surface area contributed by atoms with Gasteiger partial charge < -0.3 is 5.73 Å². The zero-order valence-corrected chi connectivity index (χ0v) is 10.0. The number of hydroxylamine groups is 1. The topological polar surface area (TPSA) is 38.5 Å². The lowest BCUT2D eigenvalue weighted by Gasteiger charge is -2.24. The lowest BCUT2D eigenvalue weighted by molar-refractivity contribution is 0.170. The molecule has 0 aliphatic heterocycles. The molecule has 0 heterocycles. The van der Waals surface area contributed by atoms with Gasteiger partial charge in [0.25, 0.3) is 0 Å². The molecule has 0 atom stereocenters. The van der Waals surface area contributed by atoms with Crippen molar-refractivity contribution in [3.05, 3.63) is 23.3 Å². The van der Waals surface area contributed by atoms with Gasteiger partial charge in [-0.3, -0.25) is 9.90 Å². The number of hydrogen-bond donors (Lipinski definition) is 1. The molecule has 15 heavy (non-hydrogen) atoms. The first kappa shape index (κ1) is 11.9. The molecule has 0 unspecified atom stereocenters. The average Bonchev–Trinajstić information content (AvgIpc) is 2.25. The Morgan fingerprint density at radius 3 is 2.47 bits per heavy atom. The summed E-state index contributed by atoms with van der Waals surface area (Å²) in [6, 6.07) is 3.96. The molecule has 0 bridgehead atoms. The van der Waals surface area contributed by atoms with Crippen molar-refractivity contribution in [2.75, 3.05) is 24.5 Å². The third kappa shape index (κ3) is 2.23. The molecular weight excluding hydrogens is 188 g/mol. The van der Waals surface area contributed by atoms with Crippen LogP contribution in [0, 0.1) is 6.92 Å². The Morgan fingerprint density at radius 1 is 1.33 bits per heavy atom. The third-order valence-corrected chi connectivity index (χ3v) is 2.75. The fraction of sp³-hybridized carbons (Fsp3) is 0.500. The van der Waals surface area contributed by atoms with E-state index in [1.54, 1.807) is 7.11 Å². The van der Waals surface area contributed by atoms with E-state index in [-0.39, 0.29) is 0 Å². The van der Waals surface area contributed by atoms with Crippen LogP contribution in [-0.4, -0.2) is 13.7 Å². The highest BCUT2D eigenvalue weighted by molar-refractivity contribution is 5.63. The first-order valence-electron chi connectivity index (χ1n) is 5.35. The zero-order valence-electron chi connectivity index (χ0n) is 10.0. The second-order valence-electron chi connectivity index (χ2n) is 3.51. The molecular formula is C12H20N2O. The molecule has 1 aromatic rings. The minimum Gasteiger partial charge on any atom is -0.399 e. The second-order valence-corrected chi connectivity index (χ2v) is 3.51. The van der Waals surface area contributed by atoms with Crippen LogP contribution < -0.4 is 10.8 Å². The molecule has 0 spiro atoms. The van der Waals surface area contributed by atoms with Crippen LogP contribution in [0.1, 0.15) is 25.0 Å². The van der Waals surface area contributed by atoms with Crippen molar-refractivity contribution >= 4 is 11.4 Å². The molecule has 0 saturated carbocycles. The molecule has 0 aromatic heterocycles. The summed E-state index contributed by atoms with van der Waals surface area (Å²) in [5.74, 6) is 0. The summed E-state index contributed by atoms with van der Waals surface area (Å²) in [6.45, 7) is 7.08. The van der Waals surface area contributed by atoms with E-state index in [1.165, 1.54) is 5.56 Å². The Balaban J connectivity index is 3.23. The SMILES string of the molecule is CCc1c(N(CC)OC)ccc(N)c1C. The van der Waals surface area contributed by atoms with Crippen molar-refractivity contribution in [1.29, 1.82) is 0 Å². The van der Waals surface area contributed by atoms with Gasteiger partial charge in [0.15, 0.2) is 0 Å². The predicted octanol–water partition coefficient (Wildman–Crippen LogP) is 2.53. The van der Waals surface area contributed by atoms with E-state index >= 15 is 0 Å². The van der Waals surface area contributed by atoms with Crippen molar-refractivity contribution in [2.45, 2.75) is 27.2 Å². The Hall–Kier alpha value is -1.22. The van der Waals surface area contributed by atoms with E-state index in [0.717, 1.165) is 29.9 Å². The number of nitrogens with zero attached hydrogens (tertiary/aromatic N) is 1. The number of benzene rings is 1. The fourth-order valence-electron chi connectivity index (χ4n) is 1.84. The highest BCUT2D eigenvalue weighted by Crippen LogP contribution is 2.28. The quantitative estimate of drug-likeness (QED) is 0.610. The fourth-order valence-corrected chi connectivity index (χ4v) is 1.84. The largest absolute Gasteiger partial charge is 0.399 e. The maximum atomic E-state index is 5.89. The highest BCUT2D eigenvalue weighted by Gasteiger charge is 2.11. The van der Waals surface area contributed by atoms with Crippen molar-refractivity contribution in [3.63, 3.8) is 0 Å². The maximum absolute atomic E-state index is 5.89. The van der Waals surface area contributed by atoms with Gasteiger partial charge in [-0.25, -0.2) is 0 Å². The number of nitrogens with two attached hydrogens (primary N) is 1. The number of hydrogen-bond acceptors (Lipinski definition) is 3. The van der Waals surface area contributed by atoms with Gasteiger partial charge >= 0.3 is 0 Å². The van der Waals surface area contributed by atoms with Crippen molar-refractivity contribution in [3.8, 4) is 0 Å². The first-order chi connectivity index (χ1) is 7.15. The normalized spacial score (nSPS) is 10.4. The van der Waals surface area contributed by atoms with Gasteiger partial charge in [-0.2, -0.15) is 0 Å². The second kappa shape index (κ2) is 5.03. The van der Waals surface area contributed by atoms with Gasteiger partial charge in [-0.15, -0.1) is 0 Å². The molecule has 84 valence electrons. The lowest BCUT2D eigenvalue weighted by Crippen LogP contribution is -2.22. The first-order valence-corrected chi connectivity index (χ1v) is 5.35. The predicted molar refractivity (Wildman–Crippen MR) is 65.0 cm³/mol. The molecule has 3 heteroatoms. The summed E-state index contributed by atoms with van der Waals surface area (Å²) in [4.78, 5) is 5.32. The molecule has 0 aliphatic rings. The summed E-state index contributed by atoms with van der Waals surface area (Å²) in [6.07, 6.45) is 0.964. The lowest BCUT2D eigenvalue weighted by atomic mass is 10.0. The van der Waals surface area contributed by atoms with Crippen molar-refractivity contribution < 1.29 is 4.84 Å². The number of rotatable bonds is 4. The molecule has 0 aliphatic carbocycles. The van der Waals surface area contributed by atoms with E-state index in [2.05, 4.69) is 20.8 Å². The summed E-state index contributed by atoms with van der Waals surface area (Å²) in [5.41, 5.74) is 10.3. The van der Waals surface area contributed by atoms with Gasteiger partial charge in [-0.05, 0) is 43.5 Å². The highest BCUT2D eigenvalue weighted by atomic mass is 16.7. The third-order valence-electron chi connectivity index (χ3n) is 2.75. The molecule has 0 saturated heterocycles. The Labute approximate surface area is 91.8 Å². The van der Waals surface area contributed by atoms with E-state index in [4.69, 9.17) is 10.6 Å². The van der Waals surface area contributed by atoms with Gasteiger partial charge in [0.2, 0.25) is 0 Å². The van der Waals surface area contributed by atoms with E-state index in [1.807, 2.05) is 17.2 Å². The van der Waals surface area contributed by atoms with Gasteiger partial charge in [0, 0.05) is 12.2 Å². The van der Waals surface area contributed by atoms with Gasteiger partial charge in [0.05, 0.1) is 12.8 Å². The minimum absolute atomic E-state index is 0.826. The van der Waals surface area contributed by atoms with Crippen LogP contribution >= 0.6 is 0 Å². The summed E-state index contributed by atoms with van der Waals surface area (Å²) < 4.78 is 0. The molecule has 1 rings (SSSR count). The van der Waals surface area contributed by atoms with Crippen LogP contribution in [0.4, 0.5) is 11.4 Å². The van der Waals surface area contributed by atoms with Gasteiger partial charge in [-0.1, -0.05) is 6.92 Å². The number of nitrogen functional groups attached to an aromatic ring is 1. The average molecular weight is 208 g/mol. The molecule has 0 radical (unpaired) electrons. The van der Waals surface area contributed by atoms with Crippen molar-refractivity contribution in [2.24, 2.45) is 0 Å². The number of anilines is 2. The zero-order chi connectivity index (χ0) is 11.4. The maximum Gasteiger partial charge on any atom is 0.0672 e. The van der Waals surface area contributed by atoms with E-state index < -0.39 is 0 Å². The summed E-state index contributed by atoms with van der Waals surface area (Å²) >= 11 is 0.